The molecule has 2 atom stereocenters. The number of aliphatic imine (C=N–C) groups is 1. The first-order valence-corrected chi connectivity index (χ1v) is 9.23. The van der Waals surface area contributed by atoms with E-state index in [4.69, 9.17) is 9.15 Å². The summed E-state index contributed by atoms with van der Waals surface area (Å²) in [6.07, 6.45) is 1.64. The van der Waals surface area contributed by atoms with Crippen LogP contribution >= 0.6 is 24.0 Å². The van der Waals surface area contributed by atoms with Crippen LogP contribution in [0.25, 0.3) is 11.5 Å². The SMILES string of the molecule is CCNC(=NCc1coc(-c2ccccc2)n1)N1CC(C)C(C(=O)OC)C1.I. The lowest BCUT2D eigenvalue weighted by atomic mass is 9.99. The van der Waals surface area contributed by atoms with E-state index in [9.17, 15) is 4.79 Å². The fourth-order valence-electron chi connectivity index (χ4n) is 3.27. The van der Waals surface area contributed by atoms with Crippen molar-refractivity contribution in [3.8, 4) is 11.5 Å². The molecule has 28 heavy (non-hydrogen) atoms. The lowest BCUT2D eigenvalue weighted by Crippen LogP contribution is -2.40. The Morgan fingerprint density at radius 2 is 2.11 bits per heavy atom. The highest BCUT2D eigenvalue weighted by Crippen LogP contribution is 2.24. The first-order valence-electron chi connectivity index (χ1n) is 9.23. The molecule has 2 aromatic rings. The van der Waals surface area contributed by atoms with Crippen molar-refractivity contribution in [1.82, 2.24) is 15.2 Å². The highest BCUT2D eigenvalue weighted by atomic mass is 127. The van der Waals surface area contributed by atoms with Gasteiger partial charge >= 0.3 is 5.97 Å². The summed E-state index contributed by atoms with van der Waals surface area (Å²) in [7, 11) is 1.44. The van der Waals surface area contributed by atoms with Gasteiger partial charge in [0.05, 0.1) is 19.6 Å². The van der Waals surface area contributed by atoms with Crippen molar-refractivity contribution in [3.05, 3.63) is 42.3 Å². The Labute approximate surface area is 182 Å². The molecule has 1 N–H and O–H groups in total. The highest BCUT2D eigenvalue weighted by Gasteiger charge is 2.36. The molecule has 1 fully saturated rings. The maximum Gasteiger partial charge on any atom is 0.310 e. The summed E-state index contributed by atoms with van der Waals surface area (Å²) in [5.41, 5.74) is 1.70. The van der Waals surface area contributed by atoms with E-state index in [1.807, 2.05) is 37.3 Å². The number of hydrogen-bond donors (Lipinski definition) is 1. The molecule has 8 heteroatoms. The molecule has 0 radical (unpaired) electrons. The van der Waals surface area contributed by atoms with E-state index < -0.39 is 0 Å². The molecule has 3 rings (SSSR count). The topological polar surface area (TPSA) is 80.0 Å². The zero-order valence-electron chi connectivity index (χ0n) is 16.4. The number of esters is 1. The zero-order chi connectivity index (χ0) is 19.2. The Bertz CT molecular complexity index is 794. The van der Waals surface area contributed by atoms with Crippen molar-refractivity contribution in [1.29, 1.82) is 0 Å². The number of nitrogens with one attached hydrogen (secondary N) is 1. The van der Waals surface area contributed by atoms with Gasteiger partial charge in [-0.1, -0.05) is 25.1 Å². The summed E-state index contributed by atoms with van der Waals surface area (Å²) in [5, 5.41) is 3.30. The molecule has 0 aliphatic carbocycles. The largest absolute Gasteiger partial charge is 0.469 e. The fourth-order valence-corrected chi connectivity index (χ4v) is 3.27. The zero-order valence-corrected chi connectivity index (χ0v) is 18.8. The second kappa shape index (κ2) is 10.4. The van der Waals surface area contributed by atoms with Gasteiger partial charge in [-0.05, 0) is 25.0 Å². The summed E-state index contributed by atoms with van der Waals surface area (Å²) >= 11 is 0. The number of halogens is 1. The summed E-state index contributed by atoms with van der Waals surface area (Å²) in [6.45, 7) is 6.62. The predicted octanol–water partition coefficient (Wildman–Crippen LogP) is 3.17. The minimum atomic E-state index is -0.162. The second-order valence-electron chi connectivity index (χ2n) is 6.69. The molecule has 152 valence electrons. The van der Waals surface area contributed by atoms with Gasteiger partial charge in [-0.3, -0.25) is 4.79 Å². The number of nitrogens with zero attached hydrogens (tertiary/aromatic N) is 3. The van der Waals surface area contributed by atoms with Crippen molar-refractivity contribution >= 4 is 35.9 Å². The van der Waals surface area contributed by atoms with Gasteiger partial charge < -0.3 is 19.4 Å². The van der Waals surface area contributed by atoms with Crippen molar-refractivity contribution in [2.75, 3.05) is 26.7 Å². The first kappa shape index (κ1) is 22.2. The summed E-state index contributed by atoms with van der Waals surface area (Å²) < 4.78 is 10.5. The van der Waals surface area contributed by atoms with Crippen LogP contribution < -0.4 is 5.32 Å². The first-order chi connectivity index (χ1) is 13.1. The van der Waals surface area contributed by atoms with Gasteiger partial charge in [0.15, 0.2) is 5.96 Å². The maximum atomic E-state index is 11.9. The highest BCUT2D eigenvalue weighted by molar-refractivity contribution is 14.0. The Kier molecular flexibility index (Phi) is 8.28. The summed E-state index contributed by atoms with van der Waals surface area (Å²) in [5.74, 6) is 1.30. The molecular weight excluding hydrogens is 471 g/mol. The molecule has 0 spiro atoms. The monoisotopic (exact) mass is 498 g/mol. The minimum absolute atomic E-state index is 0. The van der Waals surface area contributed by atoms with Crippen LogP contribution in [-0.2, 0) is 16.1 Å². The maximum absolute atomic E-state index is 11.9. The standard InChI is InChI=1S/C20H26N4O3.HI/c1-4-21-20(24-11-14(2)17(12-24)19(25)26-3)22-10-16-13-27-18(23-16)15-8-6-5-7-9-15;/h5-9,13-14,17H,4,10-12H2,1-3H3,(H,21,22);1H. The van der Waals surface area contributed by atoms with Gasteiger partial charge in [0, 0.05) is 25.2 Å². The normalized spacial score (nSPS) is 19.2. The van der Waals surface area contributed by atoms with Crippen LogP contribution in [0.5, 0.6) is 0 Å². The Hall–Kier alpha value is -2.10. The average Bonchev–Trinajstić information content (AvgIpc) is 3.32. The Morgan fingerprint density at radius 3 is 2.79 bits per heavy atom. The number of benzene rings is 1. The number of carbonyl (C=O) groups is 1. The van der Waals surface area contributed by atoms with E-state index in [0.29, 0.717) is 19.0 Å². The number of aromatic nitrogens is 1. The third kappa shape index (κ3) is 5.24. The molecule has 2 heterocycles. The van der Waals surface area contributed by atoms with Gasteiger partial charge in [-0.25, -0.2) is 9.98 Å². The van der Waals surface area contributed by atoms with Crippen molar-refractivity contribution in [2.45, 2.75) is 20.4 Å². The molecule has 0 amide bonds. The fraction of sp³-hybridized carbons (Fsp3) is 0.450. The molecule has 7 nitrogen and oxygen atoms in total. The van der Waals surface area contributed by atoms with E-state index in [1.165, 1.54) is 7.11 Å². The molecule has 1 aliphatic heterocycles. The number of likely N-dealkylation sites (tertiary alicyclic amines) is 1. The second-order valence-corrected chi connectivity index (χ2v) is 6.69. The molecule has 2 unspecified atom stereocenters. The van der Waals surface area contributed by atoms with E-state index in [0.717, 1.165) is 30.3 Å². The molecule has 1 aromatic heterocycles. The van der Waals surface area contributed by atoms with Crippen LogP contribution in [0.3, 0.4) is 0 Å². The summed E-state index contributed by atoms with van der Waals surface area (Å²) in [6, 6.07) is 9.78. The van der Waals surface area contributed by atoms with Crippen LogP contribution in [0.4, 0.5) is 0 Å². The number of hydrogen-bond acceptors (Lipinski definition) is 5. The number of oxazole rings is 1. The van der Waals surface area contributed by atoms with Crippen LogP contribution in [0.15, 0.2) is 46.0 Å². The quantitative estimate of drug-likeness (QED) is 0.295. The average molecular weight is 498 g/mol. The summed E-state index contributed by atoms with van der Waals surface area (Å²) in [4.78, 5) is 23.2. The molecule has 1 aromatic carbocycles. The number of guanidine groups is 1. The lowest BCUT2D eigenvalue weighted by molar-refractivity contribution is -0.145. The van der Waals surface area contributed by atoms with E-state index in [-0.39, 0.29) is 41.8 Å². The Morgan fingerprint density at radius 1 is 1.36 bits per heavy atom. The molecule has 1 aliphatic rings. The third-order valence-corrected chi connectivity index (χ3v) is 4.71. The van der Waals surface area contributed by atoms with Crippen molar-refractivity contribution < 1.29 is 13.9 Å². The van der Waals surface area contributed by atoms with Gasteiger partial charge in [-0.2, -0.15) is 0 Å². The van der Waals surface area contributed by atoms with Crippen LogP contribution in [-0.4, -0.2) is 48.6 Å². The molecule has 1 saturated heterocycles. The number of carbonyl (C=O) groups excluding carboxylic acids is 1. The molecule has 0 saturated carbocycles. The van der Waals surface area contributed by atoms with Gasteiger partial charge in [0.25, 0.3) is 0 Å². The number of methoxy groups -OCH3 is 1. The Balaban J connectivity index is 0.00000280. The smallest absolute Gasteiger partial charge is 0.310 e. The van der Waals surface area contributed by atoms with Gasteiger partial charge in [-0.15, -0.1) is 24.0 Å². The molecular formula is C20H27IN4O3. The van der Waals surface area contributed by atoms with E-state index in [1.54, 1.807) is 6.26 Å². The predicted molar refractivity (Wildman–Crippen MR) is 118 cm³/mol. The molecule has 0 bridgehead atoms. The van der Waals surface area contributed by atoms with Gasteiger partial charge in [0.2, 0.25) is 5.89 Å². The minimum Gasteiger partial charge on any atom is -0.469 e. The van der Waals surface area contributed by atoms with Crippen LogP contribution in [0, 0.1) is 11.8 Å². The van der Waals surface area contributed by atoms with Gasteiger partial charge in [0.1, 0.15) is 12.0 Å². The van der Waals surface area contributed by atoms with Crippen LogP contribution in [0.1, 0.15) is 19.5 Å². The van der Waals surface area contributed by atoms with E-state index >= 15 is 0 Å². The lowest BCUT2D eigenvalue weighted by Gasteiger charge is -2.21. The number of rotatable bonds is 5. The van der Waals surface area contributed by atoms with E-state index in [2.05, 4.69) is 27.1 Å². The number of ether oxygens (including phenoxy) is 1. The van der Waals surface area contributed by atoms with Crippen molar-refractivity contribution in [3.63, 3.8) is 0 Å². The van der Waals surface area contributed by atoms with Crippen molar-refractivity contribution in [2.24, 2.45) is 16.8 Å². The third-order valence-electron chi connectivity index (χ3n) is 4.71. The van der Waals surface area contributed by atoms with Crippen LogP contribution in [0.2, 0.25) is 0 Å².